The predicted molar refractivity (Wildman–Crippen MR) is 155 cm³/mol. The minimum atomic E-state index is -0.899. The number of carboxylic acid groups (broad SMARTS) is 1. The van der Waals surface area contributed by atoms with Crippen molar-refractivity contribution in [1.29, 1.82) is 0 Å². The van der Waals surface area contributed by atoms with Crippen molar-refractivity contribution >= 4 is 17.0 Å². The molecule has 1 unspecified atom stereocenters. The molecule has 0 saturated carbocycles. The number of aliphatic hydroxyl groups excluding tert-OH is 1. The number of carbonyl (C=O) groups is 1. The van der Waals surface area contributed by atoms with Crippen molar-refractivity contribution in [2.45, 2.75) is 71.6 Å². The van der Waals surface area contributed by atoms with Gasteiger partial charge in [0.05, 0.1) is 32.3 Å². The third-order valence-corrected chi connectivity index (χ3v) is 7.94. The van der Waals surface area contributed by atoms with Crippen LogP contribution in [0.5, 0.6) is 5.75 Å². The molecule has 0 radical (unpaired) electrons. The van der Waals surface area contributed by atoms with E-state index in [1.54, 1.807) is 7.11 Å². The number of fused-ring (bicyclic) bond motifs is 1. The van der Waals surface area contributed by atoms with Crippen LogP contribution in [0.15, 0.2) is 54.6 Å². The van der Waals surface area contributed by atoms with Gasteiger partial charge in [0.15, 0.2) is 0 Å². The number of aryl methyl sites for hydroxylation is 2. The molecule has 8 heteroatoms. The summed E-state index contributed by atoms with van der Waals surface area (Å²) in [5, 5.41) is 29.0. The highest BCUT2D eigenvalue weighted by molar-refractivity contribution is 5.81. The van der Waals surface area contributed by atoms with Gasteiger partial charge in [-0.1, -0.05) is 54.6 Å². The van der Waals surface area contributed by atoms with Crippen LogP contribution in [-0.4, -0.2) is 44.9 Å². The van der Waals surface area contributed by atoms with Gasteiger partial charge in [-0.3, -0.25) is 4.79 Å². The Hall–Kier alpha value is -3.75. The number of benzene rings is 3. The number of nitrogens with zero attached hydrogens (tertiary/aromatic N) is 3. The number of hydrogen-bond acceptors (Lipinski definition) is 6. The van der Waals surface area contributed by atoms with E-state index in [9.17, 15) is 15.0 Å². The Labute approximate surface area is 235 Å². The highest BCUT2D eigenvalue weighted by Crippen LogP contribution is 2.44. The van der Waals surface area contributed by atoms with Gasteiger partial charge in [-0.15, -0.1) is 5.10 Å². The molecule has 3 aromatic carbocycles. The lowest BCUT2D eigenvalue weighted by molar-refractivity contribution is -0.138. The normalized spacial score (nSPS) is 12.9. The van der Waals surface area contributed by atoms with Crippen LogP contribution in [0, 0.1) is 13.8 Å². The van der Waals surface area contributed by atoms with Crippen molar-refractivity contribution in [3.63, 3.8) is 0 Å². The first-order chi connectivity index (χ1) is 19.3. The molecule has 212 valence electrons. The summed E-state index contributed by atoms with van der Waals surface area (Å²) in [4.78, 5) is 12.2. The van der Waals surface area contributed by atoms with Crippen molar-refractivity contribution in [1.82, 2.24) is 15.0 Å². The quantitative estimate of drug-likeness (QED) is 0.195. The number of hydrogen-bond donors (Lipinski definition) is 2. The van der Waals surface area contributed by atoms with Crippen molar-refractivity contribution in [2.24, 2.45) is 0 Å². The fourth-order valence-electron chi connectivity index (χ4n) is 5.61. The third-order valence-electron chi connectivity index (χ3n) is 7.94. The molecular formula is C32H39N3O5. The van der Waals surface area contributed by atoms with Crippen LogP contribution in [-0.2, 0) is 34.7 Å². The van der Waals surface area contributed by atoms with E-state index in [4.69, 9.17) is 9.47 Å². The summed E-state index contributed by atoms with van der Waals surface area (Å²) < 4.78 is 13.3. The molecule has 0 amide bonds. The Morgan fingerprint density at radius 1 is 1.05 bits per heavy atom. The van der Waals surface area contributed by atoms with E-state index in [1.165, 1.54) is 5.56 Å². The zero-order chi connectivity index (χ0) is 28.7. The van der Waals surface area contributed by atoms with Gasteiger partial charge in [0, 0.05) is 18.6 Å². The van der Waals surface area contributed by atoms with Crippen molar-refractivity contribution < 1.29 is 24.5 Å². The Morgan fingerprint density at radius 2 is 1.82 bits per heavy atom. The van der Waals surface area contributed by atoms with Gasteiger partial charge >= 0.3 is 5.97 Å². The van der Waals surface area contributed by atoms with Gasteiger partial charge in [-0.25, -0.2) is 4.68 Å². The maximum atomic E-state index is 12.2. The second kappa shape index (κ2) is 13.1. The van der Waals surface area contributed by atoms with Gasteiger partial charge < -0.3 is 19.7 Å². The van der Waals surface area contributed by atoms with Crippen LogP contribution in [0.25, 0.3) is 11.0 Å². The third kappa shape index (κ3) is 6.03. The van der Waals surface area contributed by atoms with Crippen LogP contribution < -0.4 is 4.74 Å². The summed E-state index contributed by atoms with van der Waals surface area (Å²) in [6.45, 7) is 7.71. The van der Waals surface area contributed by atoms with E-state index < -0.39 is 11.4 Å². The first-order valence-corrected chi connectivity index (χ1v) is 13.8. The largest absolute Gasteiger partial charge is 0.496 e. The monoisotopic (exact) mass is 545 g/mol. The van der Waals surface area contributed by atoms with Crippen LogP contribution in [0.1, 0.15) is 66.0 Å². The molecule has 0 aliphatic rings. The zero-order valence-electron chi connectivity index (χ0n) is 23.8. The molecule has 4 rings (SSSR count). The molecule has 0 aliphatic carbocycles. The topological polar surface area (TPSA) is 107 Å². The Balaban J connectivity index is 1.59. The average Bonchev–Trinajstić information content (AvgIpc) is 3.38. The summed E-state index contributed by atoms with van der Waals surface area (Å²) >= 11 is 0. The van der Waals surface area contributed by atoms with E-state index in [2.05, 4.69) is 22.4 Å². The minimum Gasteiger partial charge on any atom is -0.496 e. The van der Waals surface area contributed by atoms with Crippen LogP contribution in [0.3, 0.4) is 0 Å². The van der Waals surface area contributed by atoms with Gasteiger partial charge in [-0.05, 0) is 78.6 Å². The number of rotatable bonds is 14. The van der Waals surface area contributed by atoms with E-state index in [-0.39, 0.29) is 13.0 Å². The molecule has 0 aliphatic heterocycles. The van der Waals surface area contributed by atoms with Crippen LogP contribution in [0.2, 0.25) is 0 Å². The summed E-state index contributed by atoms with van der Waals surface area (Å²) in [7, 11) is 1.59. The fourth-order valence-corrected chi connectivity index (χ4v) is 5.61. The second-order valence-electron chi connectivity index (χ2n) is 10.3. The molecule has 8 nitrogen and oxygen atoms in total. The average molecular weight is 546 g/mol. The molecule has 0 spiro atoms. The number of aliphatic carboxylic acids is 1. The maximum Gasteiger partial charge on any atom is 0.304 e. The number of methoxy groups -OCH3 is 1. The number of carboxylic acids is 1. The number of unbranched alkanes of at least 4 members (excludes halogenated alkanes) is 1. The number of ether oxygens (including phenoxy) is 2. The molecule has 40 heavy (non-hydrogen) atoms. The molecule has 2 N–H and O–H groups in total. The lowest BCUT2D eigenvalue weighted by Crippen LogP contribution is -2.31. The van der Waals surface area contributed by atoms with E-state index >= 15 is 0 Å². The maximum absolute atomic E-state index is 12.2. The van der Waals surface area contributed by atoms with Crippen molar-refractivity contribution in [3.8, 4) is 5.75 Å². The zero-order valence-corrected chi connectivity index (χ0v) is 23.8. The molecule has 1 aromatic heterocycles. The summed E-state index contributed by atoms with van der Waals surface area (Å²) in [5.74, 6) is -0.272. The van der Waals surface area contributed by atoms with E-state index in [1.807, 2.05) is 67.9 Å². The minimum absolute atomic E-state index is 0.107. The Kier molecular flexibility index (Phi) is 9.55. The lowest BCUT2D eigenvalue weighted by atomic mass is 9.68. The number of aliphatic hydroxyl groups is 1. The second-order valence-corrected chi connectivity index (χ2v) is 10.3. The summed E-state index contributed by atoms with van der Waals surface area (Å²) in [6, 6.07) is 18.0. The van der Waals surface area contributed by atoms with Gasteiger partial charge in [0.25, 0.3) is 0 Å². The smallest absolute Gasteiger partial charge is 0.304 e. The predicted octanol–water partition coefficient (Wildman–Crippen LogP) is 5.72. The van der Waals surface area contributed by atoms with Gasteiger partial charge in [-0.2, -0.15) is 0 Å². The van der Waals surface area contributed by atoms with Gasteiger partial charge in [0.1, 0.15) is 11.3 Å². The summed E-state index contributed by atoms with van der Waals surface area (Å²) in [5.41, 5.74) is 6.17. The molecule has 1 atom stereocenters. The SMILES string of the molecule is CCC(CC(=O)O)(c1cc(CO)c(C)c(OC)c1)c1ccc2c(nnn2CCCCOCc2ccccc2)c1C. The molecule has 0 fully saturated rings. The molecule has 0 saturated heterocycles. The number of aromatic nitrogens is 3. The van der Waals surface area contributed by atoms with Gasteiger partial charge in [0.2, 0.25) is 0 Å². The highest BCUT2D eigenvalue weighted by Gasteiger charge is 2.38. The molecule has 1 heterocycles. The molecule has 0 bridgehead atoms. The fraction of sp³-hybridized carbons (Fsp3) is 0.406. The first kappa shape index (κ1) is 29.2. The van der Waals surface area contributed by atoms with Crippen LogP contribution >= 0.6 is 0 Å². The summed E-state index contributed by atoms with van der Waals surface area (Å²) in [6.07, 6.45) is 2.24. The van der Waals surface area contributed by atoms with Crippen molar-refractivity contribution in [3.05, 3.63) is 88.0 Å². The standard InChI is InChI=1S/C32H39N3O5/c1-5-32(19-30(37)38,26-17-25(20-36)22(2)29(18-26)39-4)27-13-14-28-31(23(27)3)33-34-35(28)15-9-10-16-40-21-24-11-7-6-8-12-24/h6-8,11-14,17-18,36H,5,9-10,15-16,19-21H2,1-4H3,(H,37,38). The van der Waals surface area contributed by atoms with E-state index in [0.29, 0.717) is 31.9 Å². The molecular weight excluding hydrogens is 506 g/mol. The van der Waals surface area contributed by atoms with Crippen LogP contribution in [0.4, 0.5) is 0 Å². The lowest BCUT2D eigenvalue weighted by Gasteiger charge is -2.35. The van der Waals surface area contributed by atoms with E-state index in [0.717, 1.165) is 51.7 Å². The highest BCUT2D eigenvalue weighted by atomic mass is 16.5. The Bertz CT molecular complexity index is 1420. The first-order valence-electron chi connectivity index (χ1n) is 13.8. The Morgan fingerprint density at radius 3 is 2.50 bits per heavy atom. The molecule has 4 aromatic rings. The van der Waals surface area contributed by atoms with Crippen molar-refractivity contribution in [2.75, 3.05) is 13.7 Å².